The Hall–Kier alpha value is -2.89. The van der Waals surface area contributed by atoms with E-state index in [-0.39, 0.29) is 24.8 Å². The van der Waals surface area contributed by atoms with Gasteiger partial charge in [0.2, 0.25) is 11.8 Å². The van der Waals surface area contributed by atoms with Gasteiger partial charge in [0.25, 0.3) is 0 Å². The molecule has 2 rings (SSSR count). The van der Waals surface area contributed by atoms with Crippen molar-refractivity contribution < 1.29 is 18.7 Å². The predicted octanol–water partition coefficient (Wildman–Crippen LogP) is 4.32. The minimum atomic E-state index is -0.730. The Morgan fingerprint density at radius 2 is 1.70 bits per heavy atom. The van der Waals surface area contributed by atoms with Crippen LogP contribution < -0.4 is 10.1 Å². The monoisotopic (exact) mass is 414 g/mol. The second kappa shape index (κ2) is 10.8. The fraction of sp³-hybridized carbons (Fsp3) is 0.417. The first-order valence-corrected chi connectivity index (χ1v) is 10.2. The second-order valence-electron chi connectivity index (χ2n) is 8.29. The van der Waals surface area contributed by atoms with Crippen molar-refractivity contribution in [1.82, 2.24) is 10.2 Å². The van der Waals surface area contributed by atoms with Crippen LogP contribution in [0.5, 0.6) is 5.75 Å². The molecule has 2 aromatic carbocycles. The summed E-state index contributed by atoms with van der Waals surface area (Å²) in [5, 5.41) is 2.89. The number of nitrogens with zero attached hydrogens (tertiary/aromatic N) is 1. The average Bonchev–Trinajstić information content (AvgIpc) is 2.69. The zero-order valence-corrected chi connectivity index (χ0v) is 18.2. The van der Waals surface area contributed by atoms with Gasteiger partial charge in [0.15, 0.2) is 0 Å². The van der Waals surface area contributed by atoms with Gasteiger partial charge in [-0.3, -0.25) is 9.59 Å². The smallest absolute Gasteiger partial charge is 0.242 e. The first kappa shape index (κ1) is 23.4. The fourth-order valence-electron chi connectivity index (χ4n) is 2.94. The first-order valence-electron chi connectivity index (χ1n) is 10.2. The van der Waals surface area contributed by atoms with Gasteiger partial charge in [0, 0.05) is 24.1 Å². The van der Waals surface area contributed by atoms with Crippen LogP contribution in [0.25, 0.3) is 0 Å². The summed E-state index contributed by atoms with van der Waals surface area (Å²) in [4.78, 5) is 27.1. The van der Waals surface area contributed by atoms with Crippen molar-refractivity contribution in [3.63, 3.8) is 0 Å². The minimum Gasteiger partial charge on any atom is -0.494 e. The molecule has 0 aliphatic rings. The lowest BCUT2D eigenvalue weighted by Gasteiger charge is -2.31. The molecule has 2 amide bonds. The number of ether oxygens (including phenoxy) is 1. The Kier molecular flexibility index (Phi) is 8.39. The van der Waals surface area contributed by atoms with E-state index in [0.29, 0.717) is 18.6 Å². The van der Waals surface area contributed by atoms with Gasteiger partial charge in [-0.2, -0.15) is 0 Å². The third-order valence-electron chi connectivity index (χ3n) is 4.51. The molecule has 0 unspecified atom stereocenters. The topological polar surface area (TPSA) is 58.6 Å². The number of benzene rings is 2. The molecule has 5 nitrogen and oxygen atoms in total. The van der Waals surface area contributed by atoms with Crippen LogP contribution in [0.15, 0.2) is 54.6 Å². The lowest BCUT2D eigenvalue weighted by Crippen LogP contribution is -2.52. The summed E-state index contributed by atoms with van der Waals surface area (Å²) < 4.78 is 19.8. The molecule has 6 heteroatoms. The number of para-hydroxylation sites is 1. The third kappa shape index (κ3) is 7.50. The van der Waals surface area contributed by atoms with Gasteiger partial charge in [0.1, 0.15) is 17.6 Å². The maximum Gasteiger partial charge on any atom is 0.242 e. The maximum atomic E-state index is 14.2. The molecular weight excluding hydrogens is 383 g/mol. The normalized spacial score (nSPS) is 12.2. The number of hydrogen-bond donors (Lipinski definition) is 1. The number of halogens is 1. The van der Waals surface area contributed by atoms with Crippen LogP contribution in [0.1, 0.15) is 46.1 Å². The van der Waals surface area contributed by atoms with Crippen LogP contribution in [-0.2, 0) is 16.1 Å². The van der Waals surface area contributed by atoms with E-state index in [4.69, 9.17) is 4.74 Å². The van der Waals surface area contributed by atoms with E-state index >= 15 is 0 Å². The molecule has 0 radical (unpaired) electrons. The summed E-state index contributed by atoms with van der Waals surface area (Å²) in [7, 11) is 0. The molecule has 1 atom stereocenters. The van der Waals surface area contributed by atoms with E-state index in [1.807, 2.05) is 51.1 Å². The Balaban J connectivity index is 2.04. The number of nitrogens with one attached hydrogen (secondary N) is 1. The maximum absolute atomic E-state index is 14.2. The van der Waals surface area contributed by atoms with Crippen molar-refractivity contribution in [2.45, 2.75) is 58.7 Å². The van der Waals surface area contributed by atoms with E-state index in [1.165, 1.54) is 11.0 Å². The molecule has 0 aliphatic heterocycles. The number of hydrogen-bond acceptors (Lipinski definition) is 3. The molecule has 0 bridgehead atoms. The fourth-order valence-corrected chi connectivity index (χ4v) is 2.94. The van der Waals surface area contributed by atoms with E-state index in [9.17, 15) is 14.0 Å². The van der Waals surface area contributed by atoms with E-state index in [2.05, 4.69) is 5.32 Å². The Morgan fingerprint density at radius 3 is 2.33 bits per heavy atom. The summed E-state index contributed by atoms with van der Waals surface area (Å²) in [6.45, 7) is 7.71. The summed E-state index contributed by atoms with van der Waals surface area (Å²) in [6.07, 6.45) is 0.698. The first-order chi connectivity index (χ1) is 14.2. The van der Waals surface area contributed by atoms with Gasteiger partial charge in [-0.1, -0.05) is 36.4 Å². The number of carbonyl (C=O) groups is 2. The highest BCUT2D eigenvalue weighted by Crippen LogP contribution is 2.16. The van der Waals surface area contributed by atoms with E-state index < -0.39 is 17.4 Å². The summed E-state index contributed by atoms with van der Waals surface area (Å²) >= 11 is 0. The molecule has 0 spiro atoms. The van der Waals surface area contributed by atoms with Crippen molar-refractivity contribution in [3.8, 4) is 5.75 Å². The van der Waals surface area contributed by atoms with Crippen LogP contribution in [0.4, 0.5) is 4.39 Å². The second-order valence-corrected chi connectivity index (χ2v) is 8.29. The molecule has 30 heavy (non-hydrogen) atoms. The Morgan fingerprint density at radius 1 is 1.07 bits per heavy atom. The molecule has 162 valence electrons. The average molecular weight is 415 g/mol. The molecule has 0 saturated heterocycles. The SMILES string of the molecule is C[C@H](C(=O)NC(C)(C)C)N(Cc1ccccc1F)C(=O)CCCOc1ccccc1. The summed E-state index contributed by atoms with van der Waals surface area (Å²) in [5.41, 5.74) is -0.0523. The summed E-state index contributed by atoms with van der Waals surface area (Å²) in [6, 6.07) is 14.9. The van der Waals surface area contributed by atoms with Crippen molar-refractivity contribution >= 4 is 11.8 Å². The third-order valence-corrected chi connectivity index (χ3v) is 4.51. The zero-order chi connectivity index (χ0) is 22.1. The van der Waals surface area contributed by atoms with E-state index in [1.54, 1.807) is 25.1 Å². The largest absolute Gasteiger partial charge is 0.494 e. The van der Waals surface area contributed by atoms with Gasteiger partial charge in [-0.05, 0) is 52.3 Å². The molecule has 0 aliphatic carbocycles. The van der Waals surface area contributed by atoms with Crippen LogP contribution >= 0.6 is 0 Å². The zero-order valence-electron chi connectivity index (χ0n) is 18.2. The minimum absolute atomic E-state index is 0.0315. The molecule has 2 aromatic rings. The van der Waals surface area contributed by atoms with Gasteiger partial charge in [-0.25, -0.2) is 4.39 Å². The van der Waals surface area contributed by atoms with Crippen LogP contribution in [0.2, 0.25) is 0 Å². The standard InChI is InChI=1S/C24H31FN2O3/c1-18(23(29)26-24(2,3)4)27(17-19-11-8-9-14-21(19)25)22(28)15-10-16-30-20-12-6-5-7-13-20/h5-9,11-14,18H,10,15-17H2,1-4H3,(H,26,29)/t18-/m1/s1. The lowest BCUT2D eigenvalue weighted by atomic mass is 10.1. The van der Waals surface area contributed by atoms with Crippen LogP contribution in [0.3, 0.4) is 0 Å². The molecule has 0 saturated carbocycles. The highest BCUT2D eigenvalue weighted by Gasteiger charge is 2.28. The highest BCUT2D eigenvalue weighted by molar-refractivity contribution is 5.87. The molecule has 0 fully saturated rings. The van der Waals surface area contributed by atoms with Gasteiger partial charge in [-0.15, -0.1) is 0 Å². The van der Waals surface area contributed by atoms with E-state index in [0.717, 1.165) is 5.75 Å². The highest BCUT2D eigenvalue weighted by atomic mass is 19.1. The van der Waals surface area contributed by atoms with Crippen molar-refractivity contribution in [3.05, 3.63) is 66.0 Å². The van der Waals surface area contributed by atoms with Gasteiger partial charge < -0.3 is 15.0 Å². The molecule has 0 aromatic heterocycles. The number of carbonyl (C=O) groups excluding carboxylic acids is 2. The number of amides is 2. The lowest BCUT2D eigenvalue weighted by molar-refractivity contribution is -0.141. The van der Waals surface area contributed by atoms with Gasteiger partial charge in [0.05, 0.1) is 6.61 Å². The molecular formula is C24H31FN2O3. The van der Waals surface area contributed by atoms with Crippen molar-refractivity contribution in [2.75, 3.05) is 6.61 Å². The predicted molar refractivity (Wildman–Crippen MR) is 115 cm³/mol. The van der Waals surface area contributed by atoms with Crippen molar-refractivity contribution in [2.24, 2.45) is 0 Å². The van der Waals surface area contributed by atoms with Crippen LogP contribution in [-0.4, -0.2) is 34.9 Å². The van der Waals surface area contributed by atoms with Gasteiger partial charge >= 0.3 is 0 Å². The quantitative estimate of drug-likeness (QED) is 0.622. The van der Waals surface area contributed by atoms with Crippen LogP contribution in [0, 0.1) is 5.82 Å². The summed E-state index contributed by atoms with van der Waals surface area (Å²) in [5.74, 6) is -0.142. The van der Waals surface area contributed by atoms with Crippen molar-refractivity contribution in [1.29, 1.82) is 0 Å². The Bertz CT molecular complexity index is 834. The Labute approximate surface area is 178 Å². The number of rotatable bonds is 9. The molecule has 1 N–H and O–H groups in total. The molecule has 0 heterocycles.